The standard InChI is InChI=1S/C10H23NOSi/c1-5-11-6-7-12-13(3,4)9-10(2)8-11/h10H,5-9H2,1-4H3. The molecule has 0 saturated carbocycles. The summed E-state index contributed by atoms with van der Waals surface area (Å²) in [5.41, 5.74) is 0. The zero-order chi connectivity index (χ0) is 9.90. The molecule has 1 rings (SSSR count). The van der Waals surface area contributed by atoms with Crippen molar-refractivity contribution in [2.24, 2.45) is 5.92 Å². The van der Waals surface area contributed by atoms with Crippen LogP contribution in [0.5, 0.6) is 0 Å². The maximum Gasteiger partial charge on any atom is 0.187 e. The van der Waals surface area contributed by atoms with Gasteiger partial charge in [0.25, 0.3) is 0 Å². The molecule has 0 N–H and O–H groups in total. The Morgan fingerprint density at radius 3 is 2.77 bits per heavy atom. The molecule has 1 saturated heterocycles. The Bertz CT molecular complexity index is 161. The first kappa shape index (κ1) is 11.2. The van der Waals surface area contributed by atoms with Crippen LogP contribution < -0.4 is 0 Å². The quantitative estimate of drug-likeness (QED) is 0.603. The highest BCUT2D eigenvalue weighted by Gasteiger charge is 2.28. The molecule has 0 bridgehead atoms. The Balaban J connectivity index is 2.48. The summed E-state index contributed by atoms with van der Waals surface area (Å²) in [6.45, 7) is 13.8. The monoisotopic (exact) mass is 201 g/mol. The summed E-state index contributed by atoms with van der Waals surface area (Å²) in [6.07, 6.45) is 0. The smallest absolute Gasteiger partial charge is 0.187 e. The van der Waals surface area contributed by atoms with E-state index in [1.54, 1.807) is 0 Å². The van der Waals surface area contributed by atoms with E-state index in [1.165, 1.54) is 12.6 Å². The first-order valence-corrected chi connectivity index (χ1v) is 8.51. The maximum atomic E-state index is 5.97. The van der Waals surface area contributed by atoms with E-state index < -0.39 is 8.32 Å². The van der Waals surface area contributed by atoms with Crippen molar-refractivity contribution in [3.8, 4) is 0 Å². The molecule has 78 valence electrons. The minimum absolute atomic E-state index is 0.807. The third-order valence-corrected chi connectivity index (χ3v) is 5.42. The lowest BCUT2D eigenvalue weighted by atomic mass is 10.2. The van der Waals surface area contributed by atoms with E-state index in [0.29, 0.717) is 0 Å². The Labute approximate surface area is 83.4 Å². The normalized spacial score (nSPS) is 30.9. The van der Waals surface area contributed by atoms with E-state index in [4.69, 9.17) is 4.43 Å². The van der Waals surface area contributed by atoms with Gasteiger partial charge in [-0.1, -0.05) is 13.8 Å². The molecule has 0 spiro atoms. The van der Waals surface area contributed by atoms with Gasteiger partial charge in [0.05, 0.1) is 0 Å². The fraction of sp³-hybridized carbons (Fsp3) is 1.00. The van der Waals surface area contributed by atoms with Crippen molar-refractivity contribution in [2.75, 3.05) is 26.2 Å². The number of hydrogen-bond donors (Lipinski definition) is 0. The van der Waals surface area contributed by atoms with Gasteiger partial charge in [0.1, 0.15) is 0 Å². The van der Waals surface area contributed by atoms with Gasteiger partial charge in [-0.15, -0.1) is 0 Å². The highest BCUT2D eigenvalue weighted by Crippen LogP contribution is 2.21. The fourth-order valence-corrected chi connectivity index (χ4v) is 4.80. The van der Waals surface area contributed by atoms with Crippen LogP contribution in [-0.4, -0.2) is 39.5 Å². The van der Waals surface area contributed by atoms with Crippen molar-refractivity contribution in [1.82, 2.24) is 4.90 Å². The third-order valence-electron chi connectivity index (χ3n) is 2.76. The summed E-state index contributed by atoms with van der Waals surface area (Å²) >= 11 is 0. The predicted molar refractivity (Wildman–Crippen MR) is 59.5 cm³/mol. The van der Waals surface area contributed by atoms with E-state index in [1.807, 2.05) is 0 Å². The highest BCUT2D eigenvalue weighted by atomic mass is 28.4. The SMILES string of the molecule is CCN1CCO[Si](C)(C)CC(C)C1. The molecule has 1 heterocycles. The van der Waals surface area contributed by atoms with E-state index in [-0.39, 0.29) is 0 Å². The van der Waals surface area contributed by atoms with Crippen molar-refractivity contribution in [3.05, 3.63) is 0 Å². The molecule has 2 nitrogen and oxygen atoms in total. The lowest BCUT2D eigenvalue weighted by Crippen LogP contribution is -2.42. The van der Waals surface area contributed by atoms with Crippen molar-refractivity contribution < 1.29 is 4.43 Å². The average molecular weight is 201 g/mol. The van der Waals surface area contributed by atoms with Gasteiger partial charge in [0.15, 0.2) is 8.32 Å². The van der Waals surface area contributed by atoms with Crippen LogP contribution in [0.25, 0.3) is 0 Å². The molecule has 1 aliphatic rings. The topological polar surface area (TPSA) is 12.5 Å². The number of hydrogen-bond acceptors (Lipinski definition) is 2. The minimum Gasteiger partial charge on any atom is -0.416 e. The van der Waals surface area contributed by atoms with Crippen LogP contribution >= 0.6 is 0 Å². The summed E-state index contributed by atoms with van der Waals surface area (Å²) in [5, 5.41) is 0. The molecule has 1 atom stereocenters. The first-order chi connectivity index (χ1) is 6.03. The lowest BCUT2D eigenvalue weighted by molar-refractivity contribution is 0.176. The minimum atomic E-state index is -1.31. The number of likely N-dealkylation sites (N-methyl/N-ethyl adjacent to an activating group) is 1. The van der Waals surface area contributed by atoms with Gasteiger partial charge in [-0.05, 0) is 31.6 Å². The summed E-state index contributed by atoms with van der Waals surface area (Å²) < 4.78 is 5.97. The molecule has 0 radical (unpaired) electrons. The van der Waals surface area contributed by atoms with E-state index in [0.717, 1.165) is 25.6 Å². The van der Waals surface area contributed by atoms with Crippen molar-refractivity contribution >= 4 is 8.32 Å². The molecule has 13 heavy (non-hydrogen) atoms. The van der Waals surface area contributed by atoms with Crippen molar-refractivity contribution in [3.63, 3.8) is 0 Å². The molecule has 1 unspecified atom stereocenters. The molecular weight excluding hydrogens is 178 g/mol. The van der Waals surface area contributed by atoms with E-state index >= 15 is 0 Å². The molecule has 1 fully saturated rings. The Kier molecular flexibility index (Phi) is 3.95. The van der Waals surface area contributed by atoms with Crippen LogP contribution in [0.1, 0.15) is 13.8 Å². The molecule has 1 aliphatic heterocycles. The molecule has 0 aliphatic carbocycles. The molecule has 0 aromatic rings. The summed E-state index contributed by atoms with van der Waals surface area (Å²) in [7, 11) is -1.31. The van der Waals surface area contributed by atoms with Crippen LogP contribution in [0.15, 0.2) is 0 Å². The summed E-state index contributed by atoms with van der Waals surface area (Å²) in [4.78, 5) is 2.49. The van der Waals surface area contributed by atoms with Gasteiger partial charge in [-0.3, -0.25) is 0 Å². The number of nitrogens with zero attached hydrogens (tertiary/aromatic N) is 1. The van der Waals surface area contributed by atoms with Gasteiger partial charge in [0, 0.05) is 19.7 Å². The third kappa shape index (κ3) is 3.79. The largest absolute Gasteiger partial charge is 0.416 e. The second kappa shape index (κ2) is 4.58. The van der Waals surface area contributed by atoms with Crippen LogP contribution in [0.3, 0.4) is 0 Å². The molecular formula is C10H23NOSi. The zero-order valence-electron chi connectivity index (χ0n) is 9.47. The molecule has 0 amide bonds. The predicted octanol–water partition coefficient (Wildman–Crippen LogP) is 2.18. The Morgan fingerprint density at radius 1 is 1.46 bits per heavy atom. The summed E-state index contributed by atoms with van der Waals surface area (Å²) in [5.74, 6) is 0.807. The summed E-state index contributed by atoms with van der Waals surface area (Å²) in [6, 6.07) is 1.31. The Morgan fingerprint density at radius 2 is 2.15 bits per heavy atom. The average Bonchev–Trinajstić information content (AvgIpc) is 1.98. The van der Waals surface area contributed by atoms with Crippen molar-refractivity contribution in [2.45, 2.75) is 33.0 Å². The van der Waals surface area contributed by atoms with Gasteiger partial charge in [-0.2, -0.15) is 0 Å². The van der Waals surface area contributed by atoms with Crippen LogP contribution in [-0.2, 0) is 4.43 Å². The zero-order valence-corrected chi connectivity index (χ0v) is 10.5. The van der Waals surface area contributed by atoms with Gasteiger partial charge in [-0.25, -0.2) is 0 Å². The van der Waals surface area contributed by atoms with Crippen LogP contribution in [0, 0.1) is 5.92 Å². The molecule has 3 heteroatoms. The first-order valence-electron chi connectivity index (χ1n) is 5.40. The molecule has 0 aromatic carbocycles. The van der Waals surface area contributed by atoms with Crippen LogP contribution in [0.4, 0.5) is 0 Å². The van der Waals surface area contributed by atoms with Gasteiger partial charge >= 0.3 is 0 Å². The van der Waals surface area contributed by atoms with Gasteiger partial charge < -0.3 is 9.33 Å². The van der Waals surface area contributed by atoms with Crippen LogP contribution in [0.2, 0.25) is 19.1 Å². The Hall–Kier alpha value is 0.137. The second-order valence-corrected chi connectivity index (χ2v) is 9.03. The fourth-order valence-electron chi connectivity index (χ4n) is 2.23. The van der Waals surface area contributed by atoms with E-state index in [9.17, 15) is 0 Å². The maximum absolute atomic E-state index is 5.97. The number of rotatable bonds is 1. The van der Waals surface area contributed by atoms with E-state index in [2.05, 4.69) is 31.8 Å². The van der Waals surface area contributed by atoms with Gasteiger partial charge in [0.2, 0.25) is 0 Å². The second-order valence-electron chi connectivity index (χ2n) is 4.81. The lowest BCUT2D eigenvalue weighted by Gasteiger charge is -2.34. The van der Waals surface area contributed by atoms with Crippen molar-refractivity contribution in [1.29, 1.82) is 0 Å². The highest BCUT2D eigenvalue weighted by molar-refractivity contribution is 6.71. The molecule has 0 aromatic heterocycles.